The highest BCUT2D eigenvalue weighted by atomic mass is 32.1. The van der Waals surface area contributed by atoms with Crippen LogP contribution in [0.4, 0.5) is 5.13 Å². The number of likely N-dealkylation sites (N-methyl/N-ethyl adjacent to an activating group) is 1. The Labute approximate surface area is 120 Å². The zero-order valence-electron chi connectivity index (χ0n) is 12.5. The first-order valence-corrected chi connectivity index (χ1v) is 8.07. The maximum atomic E-state index is 4.79. The number of hydrogen-bond donors (Lipinski definition) is 1. The van der Waals surface area contributed by atoms with Gasteiger partial charge in [-0.1, -0.05) is 13.8 Å². The van der Waals surface area contributed by atoms with Gasteiger partial charge in [0.25, 0.3) is 0 Å². The molecule has 1 aromatic rings. The third-order valence-electron chi connectivity index (χ3n) is 3.52. The third-order valence-corrected chi connectivity index (χ3v) is 4.45. The largest absolute Gasteiger partial charge is 0.344 e. The van der Waals surface area contributed by atoms with Crippen molar-refractivity contribution in [1.82, 2.24) is 15.2 Å². The Balaban J connectivity index is 2.00. The molecule has 1 saturated heterocycles. The fourth-order valence-corrected chi connectivity index (χ4v) is 3.43. The van der Waals surface area contributed by atoms with Crippen molar-refractivity contribution in [3.05, 3.63) is 11.1 Å². The molecule has 1 atom stereocenters. The van der Waals surface area contributed by atoms with Gasteiger partial charge >= 0.3 is 0 Å². The molecule has 0 aliphatic carbocycles. The second kappa shape index (κ2) is 6.68. The molecule has 1 unspecified atom stereocenters. The maximum absolute atomic E-state index is 4.79. The van der Waals surface area contributed by atoms with Crippen molar-refractivity contribution < 1.29 is 0 Å². The molecule has 0 spiro atoms. The molecule has 1 aliphatic rings. The van der Waals surface area contributed by atoms with Crippen LogP contribution in [0.25, 0.3) is 0 Å². The van der Waals surface area contributed by atoms with Crippen LogP contribution in [0.1, 0.15) is 32.9 Å². The fourth-order valence-electron chi connectivity index (χ4n) is 2.47. The molecule has 5 heteroatoms. The molecule has 1 fully saturated rings. The van der Waals surface area contributed by atoms with Crippen molar-refractivity contribution in [2.75, 3.05) is 31.6 Å². The van der Waals surface area contributed by atoms with E-state index in [1.165, 1.54) is 23.8 Å². The lowest BCUT2D eigenvalue weighted by atomic mass is 10.3. The summed E-state index contributed by atoms with van der Waals surface area (Å²) in [7, 11) is 2.21. The normalized spacial score (nSPS) is 21.9. The topological polar surface area (TPSA) is 31.4 Å². The van der Waals surface area contributed by atoms with Crippen LogP contribution in [0.15, 0.2) is 5.38 Å². The van der Waals surface area contributed by atoms with Crippen molar-refractivity contribution in [2.45, 2.75) is 45.8 Å². The molecule has 0 amide bonds. The molecule has 2 heterocycles. The molecular formula is C14H26N4S. The highest BCUT2D eigenvalue weighted by molar-refractivity contribution is 7.13. The Bertz CT molecular complexity index is 391. The van der Waals surface area contributed by atoms with Gasteiger partial charge < -0.3 is 15.1 Å². The van der Waals surface area contributed by atoms with Crippen molar-refractivity contribution in [2.24, 2.45) is 0 Å². The summed E-state index contributed by atoms with van der Waals surface area (Å²) >= 11 is 1.78. The summed E-state index contributed by atoms with van der Waals surface area (Å²) < 4.78 is 0. The zero-order chi connectivity index (χ0) is 13.8. The molecule has 2 rings (SSSR count). The van der Waals surface area contributed by atoms with Gasteiger partial charge in [-0.15, -0.1) is 11.3 Å². The minimum Gasteiger partial charge on any atom is -0.344 e. The summed E-state index contributed by atoms with van der Waals surface area (Å²) in [5.74, 6) is 0. The number of anilines is 1. The lowest BCUT2D eigenvalue weighted by Gasteiger charge is -2.27. The Kier molecular flexibility index (Phi) is 5.19. The summed E-state index contributed by atoms with van der Waals surface area (Å²) in [6, 6.07) is 1.06. The van der Waals surface area contributed by atoms with E-state index in [-0.39, 0.29) is 0 Å². The quantitative estimate of drug-likeness (QED) is 0.917. The average Bonchev–Trinajstić information content (AvgIpc) is 2.73. The van der Waals surface area contributed by atoms with E-state index in [1.54, 1.807) is 11.3 Å². The Hall–Kier alpha value is -0.650. The lowest BCUT2D eigenvalue weighted by Crippen LogP contribution is -2.37. The Morgan fingerprint density at radius 2 is 2.26 bits per heavy atom. The first kappa shape index (κ1) is 14.8. The van der Waals surface area contributed by atoms with E-state index in [2.05, 4.69) is 48.3 Å². The summed E-state index contributed by atoms with van der Waals surface area (Å²) in [5.41, 5.74) is 1.17. The van der Waals surface area contributed by atoms with Gasteiger partial charge in [-0.25, -0.2) is 4.98 Å². The summed E-state index contributed by atoms with van der Waals surface area (Å²) in [4.78, 5) is 9.67. The standard InChI is InChI=1S/C14H26N4S/c1-11(2)15-8-13-10-19-14(16-13)18-7-5-6-17(4)9-12(18)3/h10-12,15H,5-9H2,1-4H3. The number of hydrogen-bond acceptors (Lipinski definition) is 5. The molecule has 0 bridgehead atoms. The molecule has 19 heavy (non-hydrogen) atoms. The summed E-state index contributed by atoms with van der Waals surface area (Å²) in [6.45, 7) is 10.9. The smallest absolute Gasteiger partial charge is 0.185 e. The zero-order valence-corrected chi connectivity index (χ0v) is 13.3. The fraction of sp³-hybridized carbons (Fsp3) is 0.786. The van der Waals surface area contributed by atoms with Crippen molar-refractivity contribution >= 4 is 16.5 Å². The molecule has 0 saturated carbocycles. The predicted octanol–water partition coefficient (Wildman–Crippen LogP) is 2.17. The number of rotatable bonds is 4. The second-order valence-electron chi connectivity index (χ2n) is 5.82. The van der Waals surface area contributed by atoms with E-state index in [4.69, 9.17) is 4.98 Å². The molecular weight excluding hydrogens is 256 g/mol. The number of nitrogens with zero attached hydrogens (tertiary/aromatic N) is 3. The second-order valence-corrected chi connectivity index (χ2v) is 6.65. The molecule has 0 radical (unpaired) electrons. The van der Waals surface area contributed by atoms with E-state index in [0.717, 1.165) is 19.6 Å². The first-order chi connectivity index (χ1) is 9.06. The average molecular weight is 282 g/mol. The van der Waals surface area contributed by atoms with Crippen LogP contribution in [0.2, 0.25) is 0 Å². The van der Waals surface area contributed by atoms with E-state index >= 15 is 0 Å². The van der Waals surface area contributed by atoms with Gasteiger partial charge in [0.2, 0.25) is 0 Å². The molecule has 0 aromatic carbocycles. The van der Waals surface area contributed by atoms with Gasteiger partial charge in [0.15, 0.2) is 5.13 Å². The Morgan fingerprint density at radius 3 is 3.00 bits per heavy atom. The van der Waals surface area contributed by atoms with Crippen molar-refractivity contribution in [1.29, 1.82) is 0 Å². The van der Waals surface area contributed by atoms with Gasteiger partial charge in [-0.2, -0.15) is 0 Å². The van der Waals surface area contributed by atoms with Crippen molar-refractivity contribution in [3.63, 3.8) is 0 Å². The van der Waals surface area contributed by atoms with E-state index in [0.29, 0.717) is 12.1 Å². The number of thiazole rings is 1. The third kappa shape index (κ3) is 4.16. The Morgan fingerprint density at radius 1 is 1.47 bits per heavy atom. The highest BCUT2D eigenvalue weighted by Gasteiger charge is 2.22. The van der Waals surface area contributed by atoms with E-state index < -0.39 is 0 Å². The SMILES string of the molecule is CC(C)NCc1csc(N2CCCN(C)CC2C)n1. The minimum atomic E-state index is 0.510. The van der Waals surface area contributed by atoms with Crippen LogP contribution in [-0.2, 0) is 6.54 Å². The van der Waals surface area contributed by atoms with Crippen LogP contribution in [0, 0.1) is 0 Å². The van der Waals surface area contributed by atoms with Crippen LogP contribution in [0.3, 0.4) is 0 Å². The molecule has 1 aliphatic heterocycles. The highest BCUT2D eigenvalue weighted by Crippen LogP contribution is 2.24. The predicted molar refractivity (Wildman–Crippen MR) is 83.0 cm³/mol. The molecule has 4 nitrogen and oxygen atoms in total. The number of aromatic nitrogens is 1. The van der Waals surface area contributed by atoms with Gasteiger partial charge in [-0.3, -0.25) is 0 Å². The molecule has 1 N–H and O–H groups in total. The lowest BCUT2D eigenvalue weighted by molar-refractivity contribution is 0.337. The molecule has 1 aromatic heterocycles. The van der Waals surface area contributed by atoms with Gasteiger partial charge in [-0.05, 0) is 26.9 Å². The van der Waals surface area contributed by atoms with Crippen LogP contribution >= 0.6 is 11.3 Å². The first-order valence-electron chi connectivity index (χ1n) is 7.19. The van der Waals surface area contributed by atoms with Crippen LogP contribution < -0.4 is 10.2 Å². The summed E-state index contributed by atoms with van der Waals surface area (Å²) in [6.07, 6.45) is 1.22. The van der Waals surface area contributed by atoms with Crippen molar-refractivity contribution in [3.8, 4) is 0 Å². The summed E-state index contributed by atoms with van der Waals surface area (Å²) in [5, 5.41) is 6.80. The van der Waals surface area contributed by atoms with Crippen LogP contribution in [0.5, 0.6) is 0 Å². The monoisotopic (exact) mass is 282 g/mol. The minimum absolute atomic E-state index is 0.510. The molecule has 108 valence electrons. The van der Waals surface area contributed by atoms with E-state index in [9.17, 15) is 0 Å². The van der Waals surface area contributed by atoms with Gasteiger partial charge in [0.05, 0.1) is 5.69 Å². The van der Waals surface area contributed by atoms with E-state index in [1.807, 2.05) is 0 Å². The van der Waals surface area contributed by atoms with Crippen LogP contribution in [-0.4, -0.2) is 48.6 Å². The number of nitrogens with one attached hydrogen (secondary N) is 1. The van der Waals surface area contributed by atoms with Gasteiger partial charge in [0, 0.05) is 37.1 Å². The maximum Gasteiger partial charge on any atom is 0.185 e. The van der Waals surface area contributed by atoms with Gasteiger partial charge in [0.1, 0.15) is 0 Å².